The summed E-state index contributed by atoms with van der Waals surface area (Å²) in [5.74, 6) is 2.14. The Bertz CT molecular complexity index is 794. The van der Waals surface area contributed by atoms with Gasteiger partial charge in [0, 0.05) is 24.6 Å². The Kier molecular flexibility index (Phi) is 3.21. The van der Waals surface area contributed by atoms with Gasteiger partial charge in [0.2, 0.25) is 11.8 Å². The summed E-state index contributed by atoms with van der Waals surface area (Å²) in [7, 11) is 0. The van der Waals surface area contributed by atoms with Crippen molar-refractivity contribution in [1.29, 1.82) is 0 Å². The second kappa shape index (κ2) is 5.43. The van der Waals surface area contributed by atoms with Crippen LogP contribution in [0.1, 0.15) is 66.8 Å². The maximum absolute atomic E-state index is 12.6. The molecule has 1 atom stereocenters. The number of carbonyl (C=O) groups is 1. The molecule has 0 spiro atoms. The Hall–Kier alpha value is -2.17. The van der Waals surface area contributed by atoms with Crippen molar-refractivity contribution in [3.8, 4) is 0 Å². The Balaban J connectivity index is 1.42. The third-order valence-electron chi connectivity index (χ3n) is 5.54. The summed E-state index contributed by atoms with van der Waals surface area (Å²) in [6, 6.07) is 6.38. The molecule has 2 fully saturated rings. The minimum Gasteiger partial charge on any atom is -0.339 e. The topological polar surface area (TPSA) is 59.2 Å². The monoisotopic (exact) mass is 323 g/mol. The molecule has 1 aromatic carbocycles. The Morgan fingerprint density at radius 3 is 2.88 bits per heavy atom. The summed E-state index contributed by atoms with van der Waals surface area (Å²) < 4.78 is 5.46. The predicted octanol–water partition coefficient (Wildman–Crippen LogP) is 3.35. The average molecular weight is 323 g/mol. The number of amides is 1. The van der Waals surface area contributed by atoms with Crippen LogP contribution < -0.4 is 4.90 Å². The molecule has 1 aliphatic heterocycles. The quantitative estimate of drug-likeness (QED) is 0.869. The van der Waals surface area contributed by atoms with E-state index >= 15 is 0 Å². The van der Waals surface area contributed by atoms with Gasteiger partial charge in [-0.2, -0.15) is 4.98 Å². The van der Waals surface area contributed by atoms with Crippen molar-refractivity contribution in [2.24, 2.45) is 0 Å². The predicted molar refractivity (Wildman–Crippen MR) is 89.1 cm³/mol. The Labute approximate surface area is 141 Å². The van der Waals surface area contributed by atoms with Crippen LogP contribution in [0.25, 0.3) is 0 Å². The van der Waals surface area contributed by atoms with Gasteiger partial charge in [-0.1, -0.05) is 17.3 Å². The molecule has 1 unspecified atom stereocenters. The molecular weight excluding hydrogens is 302 g/mol. The minimum atomic E-state index is 0.0250. The number of hydrogen-bond acceptors (Lipinski definition) is 4. The van der Waals surface area contributed by atoms with Gasteiger partial charge in [-0.3, -0.25) is 4.79 Å². The molecule has 2 heterocycles. The molecule has 0 radical (unpaired) electrons. The van der Waals surface area contributed by atoms with E-state index in [-0.39, 0.29) is 11.8 Å². The average Bonchev–Trinajstić information content (AvgIpc) is 3.22. The van der Waals surface area contributed by atoms with Crippen molar-refractivity contribution in [1.82, 2.24) is 10.1 Å². The van der Waals surface area contributed by atoms with Crippen molar-refractivity contribution in [3.63, 3.8) is 0 Å². The molecule has 1 amide bonds. The van der Waals surface area contributed by atoms with Gasteiger partial charge in [0.15, 0.2) is 5.82 Å². The number of aromatic nitrogens is 2. The fourth-order valence-corrected chi connectivity index (χ4v) is 4.04. The second-order valence-electron chi connectivity index (χ2n) is 7.29. The molecule has 5 nitrogen and oxygen atoms in total. The summed E-state index contributed by atoms with van der Waals surface area (Å²) >= 11 is 0. The van der Waals surface area contributed by atoms with Gasteiger partial charge in [0.1, 0.15) is 0 Å². The third-order valence-corrected chi connectivity index (χ3v) is 5.54. The lowest BCUT2D eigenvalue weighted by molar-refractivity contribution is -0.117. The van der Waals surface area contributed by atoms with Crippen LogP contribution >= 0.6 is 0 Å². The van der Waals surface area contributed by atoms with Gasteiger partial charge in [-0.15, -0.1) is 0 Å². The van der Waals surface area contributed by atoms with Gasteiger partial charge in [0.05, 0.1) is 5.92 Å². The highest BCUT2D eigenvalue weighted by Gasteiger charge is 2.37. The van der Waals surface area contributed by atoms with Gasteiger partial charge in [0.25, 0.3) is 0 Å². The normalized spacial score (nSPS) is 23.6. The van der Waals surface area contributed by atoms with Crippen LogP contribution in [0, 0.1) is 0 Å². The first kappa shape index (κ1) is 14.2. The van der Waals surface area contributed by atoms with Crippen molar-refractivity contribution in [2.75, 3.05) is 11.4 Å². The van der Waals surface area contributed by atoms with Crippen LogP contribution in [-0.2, 0) is 17.6 Å². The molecule has 1 saturated carbocycles. The molecule has 5 rings (SSSR count). The maximum Gasteiger partial charge on any atom is 0.232 e. The number of nitrogens with zero attached hydrogens (tertiary/aromatic N) is 3. The number of hydrogen-bond donors (Lipinski definition) is 0. The minimum absolute atomic E-state index is 0.0250. The lowest BCUT2D eigenvalue weighted by Crippen LogP contribution is -2.26. The van der Waals surface area contributed by atoms with E-state index in [4.69, 9.17) is 4.52 Å². The number of aryl methyl sites for hydroxylation is 1. The van der Waals surface area contributed by atoms with E-state index in [9.17, 15) is 4.79 Å². The highest BCUT2D eigenvalue weighted by Crippen LogP contribution is 2.40. The molecule has 24 heavy (non-hydrogen) atoms. The van der Waals surface area contributed by atoms with Crippen LogP contribution in [0.4, 0.5) is 5.69 Å². The van der Waals surface area contributed by atoms with Gasteiger partial charge in [-0.05, 0) is 55.7 Å². The molecule has 0 N–H and O–H groups in total. The third kappa shape index (κ3) is 2.34. The van der Waals surface area contributed by atoms with Crippen LogP contribution in [-0.4, -0.2) is 22.6 Å². The summed E-state index contributed by atoms with van der Waals surface area (Å²) in [5, 5.41) is 4.10. The highest BCUT2D eigenvalue weighted by atomic mass is 16.5. The molecule has 0 bridgehead atoms. The van der Waals surface area contributed by atoms with Crippen molar-refractivity contribution in [3.05, 3.63) is 41.0 Å². The molecule has 3 aliphatic rings. The zero-order valence-corrected chi connectivity index (χ0v) is 13.7. The molecule has 5 heteroatoms. The molecule has 1 aromatic heterocycles. The van der Waals surface area contributed by atoms with Gasteiger partial charge < -0.3 is 9.42 Å². The number of fused-ring (bicyclic) bond motifs is 1. The van der Waals surface area contributed by atoms with E-state index < -0.39 is 0 Å². The van der Waals surface area contributed by atoms with E-state index in [1.165, 1.54) is 24.0 Å². The first-order valence-electron chi connectivity index (χ1n) is 9.04. The van der Waals surface area contributed by atoms with Crippen LogP contribution in [0.5, 0.6) is 0 Å². The van der Waals surface area contributed by atoms with E-state index in [1.807, 2.05) is 4.90 Å². The van der Waals surface area contributed by atoms with Gasteiger partial charge in [-0.25, -0.2) is 0 Å². The lowest BCUT2D eigenvalue weighted by Gasteiger charge is -2.25. The van der Waals surface area contributed by atoms with E-state index in [2.05, 4.69) is 28.3 Å². The summed E-state index contributed by atoms with van der Waals surface area (Å²) in [6.07, 6.45) is 7.45. The molecule has 124 valence electrons. The fraction of sp³-hybridized carbons (Fsp3) is 0.526. The number of rotatable bonds is 3. The van der Waals surface area contributed by atoms with E-state index in [1.54, 1.807) is 0 Å². The van der Waals surface area contributed by atoms with Crippen LogP contribution in [0.15, 0.2) is 22.7 Å². The first-order chi connectivity index (χ1) is 11.8. The zero-order valence-electron chi connectivity index (χ0n) is 13.7. The Morgan fingerprint density at radius 1 is 1.12 bits per heavy atom. The maximum atomic E-state index is 12.6. The van der Waals surface area contributed by atoms with Crippen molar-refractivity contribution < 1.29 is 9.32 Å². The largest absolute Gasteiger partial charge is 0.339 e. The van der Waals surface area contributed by atoms with Crippen molar-refractivity contribution in [2.45, 2.75) is 56.8 Å². The summed E-state index contributed by atoms with van der Waals surface area (Å²) in [4.78, 5) is 19.1. The smallest absolute Gasteiger partial charge is 0.232 e. The summed E-state index contributed by atoms with van der Waals surface area (Å²) in [6.45, 7) is 0.654. The van der Waals surface area contributed by atoms with E-state index in [0.29, 0.717) is 24.8 Å². The van der Waals surface area contributed by atoms with Crippen molar-refractivity contribution >= 4 is 11.6 Å². The second-order valence-corrected chi connectivity index (χ2v) is 7.29. The zero-order chi connectivity index (χ0) is 16.1. The highest BCUT2D eigenvalue weighted by molar-refractivity contribution is 5.97. The lowest BCUT2D eigenvalue weighted by atomic mass is 9.90. The SMILES string of the molecule is O=C1CC(c2nc(C3CC3)no2)CN1c1cccc2c1CCCC2. The molecule has 2 aromatic rings. The standard InChI is InChI=1S/C19H21N3O2/c23-17-10-14(19-20-18(21-24-19)13-8-9-13)11-22(17)16-7-3-5-12-4-1-2-6-15(12)16/h3,5,7,13-14H,1-2,4,6,8-11H2. The fourth-order valence-electron chi connectivity index (χ4n) is 4.04. The number of carbonyl (C=O) groups excluding carboxylic acids is 1. The molecule has 2 aliphatic carbocycles. The van der Waals surface area contributed by atoms with Crippen LogP contribution in [0.3, 0.4) is 0 Å². The van der Waals surface area contributed by atoms with E-state index in [0.717, 1.165) is 37.2 Å². The number of benzene rings is 1. The van der Waals surface area contributed by atoms with Gasteiger partial charge >= 0.3 is 0 Å². The Morgan fingerprint density at radius 2 is 2.00 bits per heavy atom. The molecule has 1 saturated heterocycles. The van der Waals surface area contributed by atoms with Crippen LogP contribution in [0.2, 0.25) is 0 Å². The summed E-state index contributed by atoms with van der Waals surface area (Å²) in [5.41, 5.74) is 3.87. The molecular formula is C19H21N3O2. The number of anilines is 1. The first-order valence-corrected chi connectivity index (χ1v) is 9.04.